The second kappa shape index (κ2) is 6.42. The minimum Gasteiger partial charge on any atom is -0.442 e. The number of ether oxygens (including phenoxy) is 2. The molecule has 0 N–H and O–H groups in total. The summed E-state index contributed by atoms with van der Waals surface area (Å²) in [5, 5.41) is 0. The summed E-state index contributed by atoms with van der Waals surface area (Å²) in [5.74, 6) is -1.38. The van der Waals surface area contributed by atoms with E-state index in [1.165, 1.54) is 13.8 Å². The van der Waals surface area contributed by atoms with Gasteiger partial charge in [-0.1, -0.05) is 13.2 Å². The molecule has 4 nitrogen and oxygen atoms in total. The Morgan fingerprint density at radius 1 is 1.12 bits per heavy atom. The molecule has 0 fully saturated rings. The zero-order valence-corrected chi connectivity index (χ0v) is 12.1. The van der Waals surface area contributed by atoms with Crippen LogP contribution >= 0.6 is 37.9 Å². The van der Waals surface area contributed by atoms with E-state index in [-0.39, 0.29) is 11.1 Å². The SMILES string of the molecule is C=C(C)C(=O)OC(S)C(S)(S)OC(=O)C(=C)C. The average molecular weight is 294 g/mol. The third-order valence-corrected chi connectivity index (χ3v) is 3.01. The van der Waals surface area contributed by atoms with Gasteiger partial charge in [0.1, 0.15) is 0 Å². The summed E-state index contributed by atoms with van der Waals surface area (Å²) in [6, 6.07) is 0. The van der Waals surface area contributed by atoms with Gasteiger partial charge in [0.2, 0.25) is 9.70 Å². The highest BCUT2D eigenvalue weighted by Crippen LogP contribution is 2.31. The lowest BCUT2D eigenvalue weighted by molar-refractivity contribution is -0.152. The zero-order valence-electron chi connectivity index (χ0n) is 9.47. The van der Waals surface area contributed by atoms with Crippen molar-refractivity contribution < 1.29 is 19.1 Å². The molecule has 0 saturated heterocycles. The van der Waals surface area contributed by atoms with Gasteiger partial charge in [-0.2, -0.15) is 0 Å². The Hall–Kier alpha value is -0.530. The summed E-state index contributed by atoms with van der Waals surface area (Å²) in [6.45, 7) is 9.74. The zero-order chi connectivity index (χ0) is 13.8. The molecule has 0 spiro atoms. The van der Waals surface area contributed by atoms with Crippen LogP contribution in [-0.4, -0.2) is 21.6 Å². The Kier molecular flexibility index (Phi) is 6.22. The molecule has 0 aromatic carbocycles. The van der Waals surface area contributed by atoms with Crippen molar-refractivity contribution >= 4 is 49.8 Å². The molecule has 0 radical (unpaired) electrons. The minimum absolute atomic E-state index is 0.171. The van der Waals surface area contributed by atoms with Crippen LogP contribution in [-0.2, 0) is 19.1 Å². The summed E-state index contributed by atoms with van der Waals surface area (Å²) in [7, 11) is 0. The summed E-state index contributed by atoms with van der Waals surface area (Å²) < 4.78 is 8.01. The molecule has 0 rings (SSSR count). The monoisotopic (exact) mass is 294 g/mol. The number of esters is 2. The van der Waals surface area contributed by atoms with E-state index in [2.05, 4.69) is 51.0 Å². The molecule has 0 aliphatic carbocycles. The van der Waals surface area contributed by atoms with Gasteiger partial charge in [0.05, 0.1) is 0 Å². The molecule has 0 heterocycles. The van der Waals surface area contributed by atoms with Crippen LogP contribution in [0.4, 0.5) is 0 Å². The van der Waals surface area contributed by atoms with Crippen molar-refractivity contribution in [1.82, 2.24) is 0 Å². The maximum absolute atomic E-state index is 11.3. The summed E-state index contributed by atoms with van der Waals surface area (Å²) in [6.07, 6.45) is 0. The number of thiol groups is 3. The highest BCUT2D eigenvalue weighted by molar-refractivity contribution is 8.01. The third-order valence-electron chi connectivity index (χ3n) is 1.48. The number of rotatable bonds is 5. The van der Waals surface area contributed by atoms with Crippen molar-refractivity contribution in [2.45, 2.75) is 23.5 Å². The number of hydrogen-bond acceptors (Lipinski definition) is 7. The van der Waals surface area contributed by atoms with Crippen LogP contribution in [0.5, 0.6) is 0 Å². The lowest BCUT2D eigenvalue weighted by atomic mass is 10.4. The van der Waals surface area contributed by atoms with Crippen molar-refractivity contribution in [3.63, 3.8) is 0 Å². The largest absolute Gasteiger partial charge is 0.442 e. The fourth-order valence-electron chi connectivity index (χ4n) is 0.553. The number of carbonyl (C=O) groups is 2. The standard InChI is InChI=1S/C10H14O4S3/c1-5(2)7(11)13-9(15)10(16,17)14-8(12)6(3)4/h9,15-17H,1,3H2,2,4H3. The molecule has 0 amide bonds. The van der Waals surface area contributed by atoms with E-state index >= 15 is 0 Å². The molecular formula is C10H14O4S3. The molecular weight excluding hydrogens is 280 g/mol. The Balaban J connectivity index is 4.60. The van der Waals surface area contributed by atoms with Crippen LogP contribution < -0.4 is 0 Å². The van der Waals surface area contributed by atoms with Gasteiger partial charge >= 0.3 is 11.9 Å². The van der Waals surface area contributed by atoms with Crippen LogP contribution in [0.3, 0.4) is 0 Å². The van der Waals surface area contributed by atoms with E-state index in [1.54, 1.807) is 0 Å². The van der Waals surface area contributed by atoms with E-state index in [1.807, 2.05) is 0 Å². The fourth-order valence-corrected chi connectivity index (χ4v) is 0.972. The normalized spacial score (nSPS) is 12.5. The van der Waals surface area contributed by atoms with Gasteiger partial charge in [0.15, 0.2) is 0 Å². The topological polar surface area (TPSA) is 52.6 Å². The van der Waals surface area contributed by atoms with Crippen molar-refractivity contribution in [1.29, 1.82) is 0 Å². The number of hydrogen-bond donors (Lipinski definition) is 3. The van der Waals surface area contributed by atoms with Crippen molar-refractivity contribution in [2.24, 2.45) is 0 Å². The van der Waals surface area contributed by atoms with E-state index < -0.39 is 21.6 Å². The first-order valence-electron chi connectivity index (χ1n) is 4.46. The highest BCUT2D eigenvalue weighted by atomic mass is 32.2. The first-order chi connectivity index (χ1) is 7.58. The van der Waals surface area contributed by atoms with Crippen LogP contribution in [0.25, 0.3) is 0 Å². The predicted molar refractivity (Wildman–Crippen MR) is 75.3 cm³/mol. The lowest BCUT2D eigenvalue weighted by Crippen LogP contribution is -2.36. The van der Waals surface area contributed by atoms with E-state index in [0.29, 0.717) is 0 Å². The molecule has 1 atom stereocenters. The summed E-state index contributed by atoms with van der Waals surface area (Å²) in [4.78, 5) is 22.5. The van der Waals surface area contributed by atoms with Gasteiger partial charge in [0.25, 0.3) is 0 Å². The first kappa shape index (κ1) is 16.5. The molecule has 0 aliphatic rings. The van der Waals surface area contributed by atoms with E-state index in [0.717, 1.165) is 0 Å². The minimum atomic E-state index is -1.66. The number of carbonyl (C=O) groups excluding carboxylic acids is 2. The van der Waals surface area contributed by atoms with Crippen LogP contribution in [0, 0.1) is 0 Å². The fraction of sp³-hybridized carbons (Fsp3) is 0.400. The van der Waals surface area contributed by atoms with Gasteiger partial charge < -0.3 is 9.47 Å². The lowest BCUT2D eigenvalue weighted by Gasteiger charge is -2.28. The van der Waals surface area contributed by atoms with Crippen LogP contribution in [0.15, 0.2) is 24.3 Å². The van der Waals surface area contributed by atoms with Gasteiger partial charge in [-0.25, -0.2) is 9.59 Å². The van der Waals surface area contributed by atoms with Crippen molar-refractivity contribution in [3.8, 4) is 0 Å². The molecule has 1 unspecified atom stereocenters. The second-order valence-corrected chi connectivity index (χ2v) is 5.52. The maximum atomic E-state index is 11.3. The van der Waals surface area contributed by atoms with Crippen molar-refractivity contribution in [2.75, 3.05) is 0 Å². The average Bonchev–Trinajstić information content (AvgIpc) is 2.16. The summed E-state index contributed by atoms with van der Waals surface area (Å²) >= 11 is 11.9. The van der Waals surface area contributed by atoms with Crippen molar-refractivity contribution in [3.05, 3.63) is 24.3 Å². The molecule has 96 valence electrons. The van der Waals surface area contributed by atoms with Crippen LogP contribution in [0.1, 0.15) is 13.8 Å². The quantitative estimate of drug-likeness (QED) is 0.314. The molecule has 0 aliphatic heterocycles. The molecule has 7 heteroatoms. The molecule has 0 aromatic heterocycles. The van der Waals surface area contributed by atoms with E-state index in [9.17, 15) is 9.59 Å². The Bertz CT molecular complexity index is 363. The van der Waals surface area contributed by atoms with Gasteiger partial charge in [-0.15, -0.1) is 37.9 Å². The highest BCUT2D eigenvalue weighted by Gasteiger charge is 2.36. The molecule has 0 aromatic rings. The van der Waals surface area contributed by atoms with Gasteiger partial charge in [-0.3, -0.25) is 0 Å². The predicted octanol–water partition coefficient (Wildman–Crippen LogP) is 1.99. The Morgan fingerprint density at radius 2 is 1.53 bits per heavy atom. The van der Waals surface area contributed by atoms with Crippen LogP contribution in [0.2, 0.25) is 0 Å². The molecule has 17 heavy (non-hydrogen) atoms. The Morgan fingerprint density at radius 3 is 1.88 bits per heavy atom. The van der Waals surface area contributed by atoms with E-state index in [4.69, 9.17) is 9.47 Å². The third kappa shape index (κ3) is 5.56. The Labute approximate surface area is 117 Å². The molecule has 0 saturated carbocycles. The van der Waals surface area contributed by atoms with Gasteiger partial charge in [-0.05, 0) is 13.8 Å². The maximum Gasteiger partial charge on any atom is 0.335 e. The second-order valence-electron chi connectivity index (χ2n) is 3.37. The van der Waals surface area contributed by atoms with Gasteiger partial charge in [0, 0.05) is 11.1 Å². The first-order valence-corrected chi connectivity index (χ1v) is 5.87. The smallest absolute Gasteiger partial charge is 0.335 e. The molecule has 0 bridgehead atoms. The summed E-state index contributed by atoms with van der Waals surface area (Å²) in [5.41, 5.74) is -0.793.